The highest BCUT2D eigenvalue weighted by Crippen LogP contribution is 2.21. The number of Topliss-reactive ketones (excluding diaryl/α,β-unsaturated/α-hetero) is 2. The summed E-state index contributed by atoms with van der Waals surface area (Å²) < 4.78 is 31.3. The second kappa shape index (κ2) is 6.09. The molecule has 0 amide bonds. The topological polar surface area (TPSA) is 59.2 Å². The maximum Gasteiger partial charge on any atom is 0.216 e. The average Bonchev–Trinajstić information content (AvgIpc) is 2.72. The van der Waals surface area contributed by atoms with E-state index in [1.165, 1.54) is 6.92 Å². The Morgan fingerprint density at radius 1 is 1.23 bits per heavy atom. The maximum absolute atomic E-state index is 13.4. The number of aryl methyl sites for hydroxylation is 1. The van der Waals surface area contributed by atoms with Gasteiger partial charge in [-0.3, -0.25) is 9.59 Å². The second-order valence-corrected chi connectivity index (χ2v) is 4.97. The van der Waals surface area contributed by atoms with Crippen molar-refractivity contribution in [3.8, 4) is 5.75 Å². The lowest BCUT2D eigenvalue weighted by atomic mass is 10.1. The van der Waals surface area contributed by atoms with Crippen molar-refractivity contribution in [3.05, 3.63) is 52.3 Å². The van der Waals surface area contributed by atoms with E-state index in [1.807, 2.05) is 0 Å². The normalized spacial score (nSPS) is 10.6. The summed E-state index contributed by atoms with van der Waals surface area (Å²) in [7, 11) is 0. The lowest BCUT2D eigenvalue weighted by molar-refractivity contribution is 0.0913. The van der Waals surface area contributed by atoms with Crippen molar-refractivity contribution in [1.29, 1.82) is 0 Å². The van der Waals surface area contributed by atoms with E-state index in [0.29, 0.717) is 22.9 Å². The molecule has 0 bridgehead atoms. The van der Waals surface area contributed by atoms with Crippen LogP contribution in [0.5, 0.6) is 5.75 Å². The third-order valence-corrected chi connectivity index (χ3v) is 3.32. The fourth-order valence-electron chi connectivity index (χ4n) is 2.36. The first-order valence-electron chi connectivity index (χ1n) is 6.62. The van der Waals surface area contributed by atoms with Crippen molar-refractivity contribution in [1.82, 2.24) is 4.98 Å². The van der Waals surface area contributed by atoms with Gasteiger partial charge in [0.2, 0.25) is 5.78 Å². The minimum Gasteiger partial charge on any atom is -0.482 e. The summed E-state index contributed by atoms with van der Waals surface area (Å²) in [5.74, 6) is -2.37. The molecule has 6 heteroatoms. The monoisotopic (exact) mass is 307 g/mol. The molecule has 1 aromatic heterocycles. The van der Waals surface area contributed by atoms with E-state index in [0.717, 1.165) is 12.1 Å². The Bertz CT molecular complexity index is 750. The number of carbonyl (C=O) groups is 2. The molecule has 0 atom stereocenters. The molecule has 0 aliphatic heterocycles. The zero-order valence-electron chi connectivity index (χ0n) is 12.4. The fraction of sp³-hybridized carbons (Fsp3) is 0.250. The predicted octanol–water partition coefficient (Wildman–Crippen LogP) is 3.37. The predicted molar refractivity (Wildman–Crippen MR) is 76.5 cm³/mol. The number of nitrogens with one attached hydrogen (secondary N) is 1. The molecule has 0 aliphatic rings. The molecule has 0 fully saturated rings. The van der Waals surface area contributed by atoms with Crippen LogP contribution in [0.4, 0.5) is 8.78 Å². The van der Waals surface area contributed by atoms with Crippen LogP contribution in [0.15, 0.2) is 18.2 Å². The highest BCUT2D eigenvalue weighted by atomic mass is 19.1. The zero-order valence-corrected chi connectivity index (χ0v) is 12.4. The molecule has 0 saturated carbocycles. The van der Waals surface area contributed by atoms with Gasteiger partial charge in [0, 0.05) is 17.3 Å². The van der Waals surface area contributed by atoms with Gasteiger partial charge in [-0.1, -0.05) is 0 Å². The Balaban J connectivity index is 2.16. The fourth-order valence-corrected chi connectivity index (χ4v) is 2.36. The van der Waals surface area contributed by atoms with Crippen molar-refractivity contribution < 1.29 is 23.1 Å². The van der Waals surface area contributed by atoms with Gasteiger partial charge in [0.15, 0.2) is 24.0 Å². The summed E-state index contributed by atoms with van der Waals surface area (Å²) >= 11 is 0. The van der Waals surface area contributed by atoms with Crippen molar-refractivity contribution in [2.75, 3.05) is 6.61 Å². The van der Waals surface area contributed by atoms with Gasteiger partial charge < -0.3 is 9.72 Å². The van der Waals surface area contributed by atoms with Crippen molar-refractivity contribution in [2.45, 2.75) is 20.8 Å². The highest BCUT2D eigenvalue weighted by Gasteiger charge is 2.20. The van der Waals surface area contributed by atoms with Crippen LogP contribution in [0, 0.1) is 25.5 Å². The number of H-pyrrole nitrogens is 1. The molecule has 0 radical (unpaired) electrons. The third-order valence-electron chi connectivity index (χ3n) is 3.32. The molecular formula is C16H15F2NO3. The number of halogens is 2. The number of hydrogen-bond acceptors (Lipinski definition) is 3. The molecule has 0 aliphatic carbocycles. The van der Waals surface area contributed by atoms with E-state index in [4.69, 9.17) is 4.74 Å². The van der Waals surface area contributed by atoms with E-state index in [-0.39, 0.29) is 17.2 Å². The second-order valence-electron chi connectivity index (χ2n) is 4.97. The first kappa shape index (κ1) is 15.9. The number of ether oxygens (including phenoxy) is 1. The van der Waals surface area contributed by atoms with E-state index in [2.05, 4.69) is 4.98 Å². The number of aromatic nitrogens is 1. The lowest BCUT2D eigenvalue weighted by Gasteiger charge is -2.06. The standard InChI is InChI=1S/C16H15F2NO3/c1-8-15(10(3)20)9(2)19-16(8)13(21)7-22-14-5-4-11(17)6-12(14)18/h4-6,19H,7H2,1-3H3. The molecule has 22 heavy (non-hydrogen) atoms. The van der Waals surface area contributed by atoms with Gasteiger partial charge in [0.1, 0.15) is 5.82 Å². The Hall–Kier alpha value is -2.50. The van der Waals surface area contributed by atoms with Gasteiger partial charge in [-0.15, -0.1) is 0 Å². The molecule has 1 heterocycles. The van der Waals surface area contributed by atoms with Gasteiger partial charge in [-0.25, -0.2) is 8.78 Å². The molecule has 1 aromatic carbocycles. The highest BCUT2D eigenvalue weighted by molar-refractivity contribution is 6.03. The van der Waals surface area contributed by atoms with Crippen LogP contribution in [0.2, 0.25) is 0 Å². The van der Waals surface area contributed by atoms with Gasteiger partial charge in [0.25, 0.3) is 0 Å². The third kappa shape index (κ3) is 3.05. The SMILES string of the molecule is CC(=O)c1c(C)[nH]c(C(=O)COc2ccc(F)cc2F)c1C. The van der Waals surface area contributed by atoms with Crippen LogP contribution >= 0.6 is 0 Å². The summed E-state index contributed by atoms with van der Waals surface area (Å²) in [6.07, 6.45) is 0. The van der Waals surface area contributed by atoms with Crippen molar-refractivity contribution >= 4 is 11.6 Å². The first-order valence-corrected chi connectivity index (χ1v) is 6.62. The van der Waals surface area contributed by atoms with E-state index < -0.39 is 24.0 Å². The van der Waals surface area contributed by atoms with E-state index in [1.54, 1.807) is 13.8 Å². The van der Waals surface area contributed by atoms with Gasteiger partial charge in [-0.2, -0.15) is 0 Å². The Morgan fingerprint density at radius 2 is 1.91 bits per heavy atom. The quantitative estimate of drug-likeness (QED) is 0.862. The Morgan fingerprint density at radius 3 is 2.45 bits per heavy atom. The molecular weight excluding hydrogens is 292 g/mol. The molecule has 0 spiro atoms. The van der Waals surface area contributed by atoms with Crippen LogP contribution in [0.1, 0.15) is 39.0 Å². The van der Waals surface area contributed by atoms with Gasteiger partial charge >= 0.3 is 0 Å². The molecule has 1 N–H and O–H groups in total. The minimum absolute atomic E-state index is 0.143. The smallest absolute Gasteiger partial charge is 0.216 e. The van der Waals surface area contributed by atoms with E-state index in [9.17, 15) is 18.4 Å². The first-order chi connectivity index (χ1) is 10.3. The summed E-state index contributed by atoms with van der Waals surface area (Å²) in [4.78, 5) is 26.5. The summed E-state index contributed by atoms with van der Waals surface area (Å²) in [6, 6.07) is 2.84. The van der Waals surface area contributed by atoms with Crippen LogP contribution < -0.4 is 4.74 Å². The molecule has 2 aromatic rings. The molecule has 4 nitrogen and oxygen atoms in total. The van der Waals surface area contributed by atoms with Crippen LogP contribution in [-0.2, 0) is 0 Å². The van der Waals surface area contributed by atoms with E-state index >= 15 is 0 Å². The van der Waals surface area contributed by atoms with Crippen LogP contribution in [0.3, 0.4) is 0 Å². The molecule has 0 unspecified atom stereocenters. The summed E-state index contributed by atoms with van der Waals surface area (Å²) in [5.41, 5.74) is 1.86. The molecule has 2 rings (SSSR count). The molecule has 116 valence electrons. The minimum atomic E-state index is -0.878. The van der Waals surface area contributed by atoms with Crippen LogP contribution in [-0.4, -0.2) is 23.2 Å². The van der Waals surface area contributed by atoms with Gasteiger partial charge in [-0.05, 0) is 38.5 Å². The average molecular weight is 307 g/mol. The number of aromatic amines is 1. The number of benzene rings is 1. The Labute approximate surface area is 126 Å². The molecule has 0 saturated heterocycles. The number of rotatable bonds is 5. The lowest BCUT2D eigenvalue weighted by Crippen LogP contribution is -2.14. The van der Waals surface area contributed by atoms with Crippen molar-refractivity contribution in [2.24, 2.45) is 0 Å². The number of ketones is 2. The van der Waals surface area contributed by atoms with Gasteiger partial charge in [0.05, 0.1) is 5.69 Å². The zero-order chi connectivity index (χ0) is 16.4. The number of carbonyl (C=O) groups excluding carboxylic acids is 2. The number of hydrogen-bond donors (Lipinski definition) is 1. The van der Waals surface area contributed by atoms with Crippen LogP contribution in [0.25, 0.3) is 0 Å². The van der Waals surface area contributed by atoms with Crippen molar-refractivity contribution in [3.63, 3.8) is 0 Å². The summed E-state index contributed by atoms with van der Waals surface area (Å²) in [6.45, 7) is 4.36. The largest absolute Gasteiger partial charge is 0.482 e. The summed E-state index contributed by atoms with van der Waals surface area (Å²) in [5, 5.41) is 0. The Kier molecular flexibility index (Phi) is 4.40. The maximum atomic E-state index is 13.4.